The van der Waals surface area contributed by atoms with Gasteiger partial charge >= 0.3 is 0 Å². The first-order valence-corrected chi connectivity index (χ1v) is 7.30. The van der Waals surface area contributed by atoms with Crippen LogP contribution in [0.25, 0.3) is 0 Å². The summed E-state index contributed by atoms with van der Waals surface area (Å²) >= 11 is 0. The smallest absolute Gasteiger partial charge is 0.0676 e. The summed E-state index contributed by atoms with van der Waals surface area (Å²) in [5.74, 6) is 5.37. The molecule has 0 aliphatic carbocycles. The van der Waals surface area contributed by atoms with Crippen LogP contribution in [0.3, 0.4) is 0 Å². The zero-order valence-electron chi connectivity index (χ0n) is 15.6. The van der Waals surface area contributed by atoms with Gasteiger partial charge in [-0.2, -0.15) is 0 Å². The second-order valence-electron chi connectivity index (χ2n) is 6.03. The molecule has 125 valence electrons. The van der Waals surface area contributed by atoms with Crippen molar-refractivity contribution in [2.24, 2.45) is 23.0 Å². The van der Waals surface area contributed by atoms with Crippen molar-refractivity contribution in [1.82, 2.24) is 0 Å². The zero-order chi connectivity index (χ0) is 15.2. The van der Waals surface area contributed by atoms with Gasteiger partial charge in [0, 0.05) is 38.8 Å². The molecule has 1 atom stereocenters. The minimum Gasteiger partial charge on any atom is -0.358 e. The molecule has 0 aromatic heterocycles. The first kappa shape index (κ1) is 32.8. The predicted molar refractivity (Wildman–Crippen MR) is 89.7 cm³/mol. The second kappa shape index (κ2) is 22.3. The molecule has 0 saturated carbocycles. The van der Waals surface area contributed by atoms with Gasteiger partial charge < -0.3 is 18.0 Å². The Bertz CT molecular complexity index is 146. The summed E-state index contributed by atoms with van der Waals surface area (Å²) in [5.41, 5.74) is 6.34. The Hall–Kier alpha value is 0.984. The molecule has 1 radical (unpaired) electrons. The Morgan fingerprint density at radius 3 is 1.65 bits per heavy atom. The summed E-state index contributed by atoms with van der Waals surface area (Å²) in [5, 5.41) is 0. The quantitative estimate of drug-likeness (QED) is 0.554. The maximum atomic E-state index is 5.96. The largest absolute Gasteiger partial charge is 0.358 e. The van der Waals surface area contributed by atoms with E-state index in [4.69, 9.17) is 5.73 Å². The SMILES string of the molecule is CC.CC(C)CC(N)CC(C)(C)C.CCCON.[CH3-].[Y]. The van der Waals surface area contributed by atoms with Crippen LogP contribution in [0.2, 0.25) is 0 Å². The van der Waals surface area contributed by atoms with Crippen molar-refractivity contribution in [1.29, 1.82) is 0 Å². The molecule has 0 saturated heterocycles. The van der Waals surface area contributed by atoms with Crippen molar-refractivity contribution in [2.45, 2.75) is 80.7 Å². The fraction of sp³-hybridized carbons (Fsp3) is 0.938. The van der Waals surface area contributed by atoms with Crippen LogP contribution >= 0.6 is 0 Å². The molecular formula is C16H41N2OY-. The Kier molecular flexibility index (Phi) is 36.5. The van der Waals surface area contributed by atoms with Crippen LogP contribution in [-0.4, -0.2) is 12.6 Å². The van der Waals surface area contributed by atoms with E-state index in [9.17, 15) is 0 Å². The second-order valence-corrected chi connectivity index (χ2v) is 6.03. The van der Waals surface area contributed by atoms with Crippen LogP contribution in [0.1, 0.15) is 74.7 Å². The molecule has 3 nitrogen and oxygen atoms in total. The van der Waals surface area contributed by atoms with Gasteiger partial charge in [-0.15, -0.1) is 0 Å². The molecular weight excluding hydrogens is 325 g/mol. The average Bonchev–Trinajstić information content (AvgIpc) is 2.18. The summed E-state index contributed by atoms with van der Waals surface area (Å²) in [6.07, 6.45) is 3.28. The van der Waals surface area contributed by atoms with Crippen LogP contribution in [0.15, 0.2) is 0 Å². The normalized spacial score (nSPS) is 10.9. The fourth-order valence-corrected chi connectivity index (χ4v) is 1.59. The van der Waals surface area contributed by atoms with Crippen LogP contribution in [0.4, 0.5) is 0 Å². The molecule has 0 amide bonds. The standard InChI is InChI=1S/C10H23N.C3H9NO.C2H6.CH3.Y/c1-8(2)6-9(11)7-10(3,4)5;1-2-3-5-4;1-2;;/h8-9H,6-7,11H2,1-5H3;2-4H2,1H3;1-2H3;1H3;/q;;;-1;. The van der Waals surface area contributed by atoms with E-state index in [1.807, 2.05) is 20.8 Å². The van der Waals surface area contributed by atoms with E-state index in [0.29, 0.717) is 18.1 Å². The summed E-state index contributed by atoms with van der Waals surface area (Å²) in [6, 6.07) is 0.384. The Balaban J connectivity index is -0.0000000717. The molecule has 0 heterocycles. The molecule has 4 heteroatoms. The van der Waals surface area contributed by atoms with Crippen LogP contribution in [0.5, 0.6) is 0 Å². The van der Waals surface area contributed by atoms with Crippen molar-refractivity contribution in [3.63, 3.8) is 0 Å². The van der Waals surface area contributed by atoms with Crippen molar-refractivity contribution in [2.75, 3.05) is 6.61 Å². The molecule has 0 bridgehead atoms. The van der Waals surface area contributed by atoms with Gasteiger partial charge in [0.1, 0.15) is 0 Å². The Morgan fingerprint density at radius 1 is 1.10 bits per heavy atom. The van der Waals surface area contributed by atoms with E-state index in [1.165, 1.54) is 0 Å². The van der Waals surface area contributed by atoms with Crippen molar-refractivity contribution in [3.8, 4) is 0 Å². The summed E-state index contributed by atoms with van der Waals surface area (Å²) in [4.78, 5) is 4.19. The van der Waals surface area contributed by atoms with Crippen LogP contribution in [-0.2, 0) is 37.5 Å². The average molecular weight is 366 g/mol. The van der Waals surface area contributed by atoms with E-state index in [-0.39, 0.29) is 40.1 Å². The fourth-order valence-electron chi connectivity index (χ4n) is 1.59. The molecule has 0 spiro atoms. The molecule has 4 N–H and O–H groups in total. The van der Waals surface area contributed by atoms with Crippen molar-refractivity contribution in [3.05, 3.63) is 7.43 Å². The number of hydrogen-bond donors (Lipinski definition) is 2. The molecule has 0 aromatic rings. The Morgan fingerprint density at radius 2 is 1.50 bits per heavy atom. The van der Waals surface area contributed by atoms with E-state index in [1.54, 1.807) is 0 Å². The van der Waals surface area contributed by atoms with Gasteiger partial charge in [-0.05, 0) is 30.6 Å². The monoisotopic (exact) mass is 366 g/mol. The molecule has 0 aromatic carbocycles. The molecule has 0 fully saturated rings. The summed E-state index contributed by atoms with van der Waals surface area (Å²) in [6.45, 7) is 17.9. The van der Waals surface area contributed by atoms with E-state index in [0.717, 1.165) is 25.2 Å². The van der Waals surface area contributed by atoms with Gasteiger partial charge in [0.05, 0.1) is 6.61 Å². The van der Waals surface area contributed by atoms with Gasteiger partial charge in [0.15, 0.2) is 0 Å². The number of hydrogen-bond acceptors (Lipinski definition) is 3. The minimum absolute atomic E-state index is 0. The van der Waals surface area contributed by atoms with E-state index < -0.39 is 0 Å². The summed E-state index contributed by atoms with van der Waals surface area (Å²) < 4.78 is 0. The first-order valence-electron chi connectivity index (χ1n) is 7.30. The third-order valence-electron chi connectivity index (χ3n) is 1.97. The summed E-state index contributed by atoms with van der Waals surface area (Å²) in [7, 11) is 0. The molecule has 0 aliphatic heterocycles. The Labute approximate surface area is 154 Å². The van der Waals surface area contributed by atoms with Gasteiger partial charge in [0.25, 0.3) is 0 Å². The minimum atomic E-state index is 0. The first-order chi connectivity index (χ1) is 8.22. The third kappa shape index (κ3) is 42.8. The molecule has 1 unspecified atom stereocenters. The van der Waals surface area contributed by atoms with Crippen molar-refractivity contribution < 1.29 is 37.5 Å². The topological polar surface area (TPSA) is 61.3 Å². The zero-order valence-corrected chi connectivity index (χ0v) is 18.5. The van der Waals surface area contributed by atoms with Gasteiger partial charge in [-0.1, -0.05) is 55.4 Å². The molecule has 0 rings (SSSR count). The third-order valence-corrected chi connectivity index (χ3v) is 1.97. The predicted octanol–water partition coefficient (Wildman–Crippen LogP) is 4.56. The maximum Gasteiger partial charge on any atom is 0.0676 e. The van der Waals surface area contributed by atoms with Crippen molar-refractivity contribution >= 4 is 0 Å². The van der Waals surface area contributed by atoms with Crippen LogP contribution in [0, 0.1) is 18.8 Å². The van der Waals surface area contributed by atoms with E-state index >= 15 is 0 Å². The number of nitrogens with two attached hydrogens (primary N) is 2. The maximum absolute atomic E-state index is 5.96. The molecule has 20 heavy (non-hydrogen) atoms. The van der Waals surface area contributed by atoms with E-state index in [2.05, 4.69) is 45.4 Å². The number of rotatable bonds is 5. The van der Waals surface area contributed by atoms with Gasteiger partial charge in [-0.3, -0.25) is 0 Å². The van der Waals surface area contributed by atoms with Gasteiger partial charge in [0.2, 0.25) is 0 Å². The van der Waals surface area contributed by atoms with Gasteiger partial charge in [-0.25, -0.2) is 5.90 Å². The van der Waals surface area contributed by atoms with Crippen LogP contribution < -0.4 is 11.6 Å². The molecule has 0 aliphatic rings.